The number of methoxy groups -OCH3 is 1. The van der Waals surface area contributed by atoms with Crippen LogP contribution in [0.2, 0.25) is 10.0 Å². The van der Waals surface area contributed by atoms with E-state index in [0.717, 1.165) is 10.9 Å². The number of aromatic nitrogens is 1. The summed E-state index contributed by atoms with van der Waals surface area (Å²) in [5, 5.41) is 7.50. The van der Waals surface area contributed by atoms with Crippen molar-refractivity contribution < 1.29 is 13.9 Å². The summed E-state index contributed by atoms with van der Waals surface area (Å²) in [5.74, 6) is 0.187. The van der Waals surface area contributed by atoms with Crippen LogP contribution in [0.4, 0.5) is 5.13 Å². The number of fused-ring (bicyclic) bond motifs is 1. The number of nitrogens with one attached hydrogen (secondary N) is 1. The number of nitrogens with zero attached hydrogens (tertiary/aromatic N) is 2. The highest BCUT2D eigenvalue weighted by Crippen LogP contribution is 2.26. The summed E-state index contributed by atoms with van der Waals surface area (Å²) in [6, 6.07) is 14.4. The molecule has 0 aliphatic rings. The van der Waals surface area contributed by atoms with E-state index in [1.54, 1.807) is 43.3 Å². The Morgan fingerprint density at radius 2 is 1.87 bits per heavy atom. The van der Waals surface area contributed by atoms with Gasteiger partial charge in [0, 0.05) is 27.1 Å². The van der Waals surface area contributed by atoms with Crippen LogP contribution >= 0.6 is 34.5 Å². The topological polar surface area (TPSA) is 76.7 Å². The van der Waals surface area contributed by atoms with Crippen molar-refractivity contribution >= 4 is 56.6 Å². The van der Waals surface area contributed by atoms with E-state index in [2.05, 4.69) is 15.5 Å². The number of carbonyl (C=O) groups is 1. The minimum absolute atomic E-state index is 0.424. The number of thiazole rings is 1. The van der Waals surface area contributed by atoms with Crippen molar-refractivity contribution in [1.82, 2.24) is 4.98 Å². The maximum Gasteiger partial charge on any atom is 0.350 e. The van der Waals surface area contributed by atoms with Gasteiger partial charge in [-0.05, 0) is 49.4 Å². The van der Waals surface area contributed by atoms with Crippen LogP contribution in [0, 0.1) is 6.92 Å². The molecule has 6 nitrogen and oxygen atoms in total. The predicted molar refractivity (Wildman–Crippen MR) is 119 cm³/mol. The van der Waals surface area contributed by atoms with E-state index in [1.807, 2.05) is 12.1 Å². The van der Waals surface area contributed by atoms with Crippen molar-refractivity contribution in [3.63, 3.8) is 0 Å². The Morgan fingerprint density at radius 1 is 1.13 bits per heavy atom. The molecule has 0 amide bonds. The predicted octanol–water partition coefficient (Wildman–Crippen LogP) is 5.89. The second kappa shape index (κ2) is 8.47. The molecule has 4 aromatic rings. The Balaban J connectivity index is 1.81. The molecule has 0 atom stereocenters. The van der Waals surface area contributed by atoms with Crippen LogP contribution in [0.15, 0.2) is 58.0 Å². The highest BCUT2D eigenvalue weighted by atomic mass is 35.5. The summed E-state index contributed by atoms with van der Waals surface area (Å²) in [4.78, 5) is 16.6. The van der Waals surface area contributed by atoms with Gasteiger partial charge in [0.15, 0.2) is 0 Å². The molecule has 0 aliphatic heterocycles. The Hall–Kier alpha value is -2.87. The zero-order chi connectivity index (χ0) is 21.3. The molecule has 0 unspecified atom stereocenters. The largest absolute Gasteiger partial charge is 0.465 e. The second-order valence-corrected chi connectivity index (χ2v) is 8.16. The first-order valence-corrected chi connectivity index (χ1v) is 10.4. The lowest BCUT2D eigenvalue weighted by Gasteiger charge is -2.06. The molecule has 0 aliphatic carbocycles. The minimum Gasteiger partial charge on any atom is -0.465 e. The van der Waals surface area contributed by atoms with Gasteiger partial charge in [0.1, 0.15) is 16.2 Å². The highest BCUT2D eigenvalue weighted by Gasteiger charge is 2.15. The van der Waals surface area contributed by atoms with Crippen molar-refractivity contribution in [2.75, 3.05) is 12.5 Å². The van der Waals surface area contributed by atoms with Gasteiger partial charge in [0.25, 0.3) is 0 Å². The normalized spacial score (nSPS) is 11.7. The van der Waals surface area contributed by atoms with Crippen LogP contribution in [0.1, 0.15) is 15.4 Å². The molecule has 0 bridgehead atoms. The van der Waals surface area contributed by atoms with Gasteiger partial charge in [0.2, 0.25) is 5.13 Å². The van der Waals surface area contributed by atoms with Crippen molar-refractivity contribution in [3.05, 3.63) is 74.5 Å². The lowest BCUT2D eigenvalue weighted by molar-refractivity contribution is 0.0605. The quantitative estimate of drug-likeness (QED) is 0.304. The first-order chi connectivity index (χ1) is 14.4. The zero-order valence-corrected chi connectivity index (χ0v) is 18.2. The van der Waals surface area contributed by atoms with Crippen LogP contribution < -0.4 is 10.8 Å². The van der Waals surface area contributed by atoms with Crippen LogP contribution in [0.25, 0.3) is 22.3 Å². The lowest BCUT2D eigenvalue weighted by atomic mass is 10.1. The molecule has 0 fully saturated rings. The standard InChI is InChI=1S/C21H15Cl2N3O3S/c1-11-19(20(27)28-2)30-21(24-11)26-25-16-10-18(12-3-5-13(22)6-4-12)29-17-8-7-14(23)9-15(16)17/h3-10H,1-2H3,(H,24,26). The molecule has 0 saturated carbocycles. The van der Waals surface area contributed by atoms with E-state index in [1.165, 1.54) is 18.4 Å². The summed E-state index contributed by atoms with van der Waals surface area (Å²) in [6.45, 7) is 1.74. The number of hydrogen-bond acceptors (Lipinski definition) is 7. The van der Waals surface area contributed by atoms with Gasteiger partial charge in [-0.25, -0.2) is 9.78 Å². The number of esters is 1. The van der Waals surface area contributed by atoms with Crippen molar-refractivity contribution in [2.45, 2.75) is 6.92 Å². The average Bonchev–Trinajstić information content (AvgIpc) is 3.12. The van der Waals surface area contributed by atoms with E-state index in [-0.39, 0.29) is 0 Å². The number of halogens is 2. The number of benzene rings is 2. The van der Waals surface area contributed by atoms with Gasteiger partial charge in [-0.1, -0.05) is 34.5 Å². The van der Waals surface area contributed by atoms with Crippen LogP contribution in [0.3, 0.4) is 0 Å². The van der Waals surface area contributed by atoms with Gasteiger partial charge >= 0.3 is 5.97 Å². The third-order valence-corrected chi connectivity index (χ3v) is 5.80. The molecule has 0 saturated heterocycles. The number of ether oxygens (including phenoxy) is 1. The van der Waals surface area contributed by atoms with Crippen molar-refractivity contribution in [1.29, 1.82) is 0 Å². The molecule has 9 heteroatoms. The third kappa shape index (κ3) is 4.18. The Kier molecular flexibility index (Phi) is 5.76. The van der Waals surface area contributed by atoms with Crippen LogP contribution in [0.5, 0.6) is 0 Å². The molecule has 1 N–H and O–H groups in total. The summed E-state index contributed by atoms with van der Waals surface area (Å²) < 4.78 is 10.8. The Labute approximate surface area is 185 Å². The number of hydrogen-bond donors (Lipinski definition) is 1. The second-order valence-electron chi connectivity index (χ2n) is 6.29. The first-order valence-electron chi connectivity index (χ1n) is 8.79. The van der Waals surface area contributed by atoms with Gasteiger partial charge in [-0.2, -0.15) is 5.10 Å². The summed E-state index contributed by atoms with van der Waals surface area (Å²) >= 11 is 13.3. The molecule has 30 heavy (non-hydrogen) atoms. The zero-order valence-electron chi connectivity index (χ0n) is 15.9. The molecular weight excluding hydrogens is 445 g/mol. The van der Waals surface area contributed by atoms with E-state index < -0.39 is 5.97 Å². The number of carbonyl (C=O) groups excluding carboxylic acids is 1. The number of rotatable bonds is 4. The number of aryl methyl sites for hydroxylation is 1. The maximum atomic E-state index is 11.8. The molecular formula is C21H15Cl2N3O3S. The van der Waals surface area contributed by atoms with Gasteiger partial charge < -0.3 is 9.15 Å². The van der Waals surface area contributed by atoms with Crippen molar-refractivity contribution in [2.24, 2.45) is 5.10 Å². The van der Waals surface area contributed by atoms with Gasteiger partial charge in [-0.3, -0.25) is 5.43 Å². The Morgan fingerprint density at radius 3 is 2.60 bits per heavy atom. The summed E-state index contributed by atoms with van der Waals surface area (Å²) in [6.07, 6.45) is 0. The summed E-state index contributed by atoms with van der Waals surface area (Å²) in [5.41, 5.74) is 4.97. The molecule has 0 radical (unpaired) electrons. The van der Waals surface area contributed by atoms with E-state index in [9.17, 15) is 4.79 Å². The first kappa shape index (κ1) is 20.4. The van der Waals surface area contributed by atoms with E-state index >= 15 is 0 Å². The van der Waals surface area contributed by atoms with Gasteiger partial charge in [0.05, 0.1) is 18.2 Å². The monoisotopic (exact) mass is 459 g/mol. The molecule has 2 aromatic carbocycles. The fourth-order valence-corrected chi connectivity index (χ4v) is 3.95. The highest BCUT2D eigenvalue weighted by molar-refractivity contribution is 7.17. The van der Waals surface area contributed by atoms with Crippen LogP contribution in [-0.4, -0.2) is 18.1 Å². The average molecular weight is 460 g/mol. The third-order valence-electron chi connectivity index (χ3n) is 4.27. The SMILES string of the molecule is COC(=O)c1sc(NN=c2cc(-c3ccc(Cl)cc3)oc3ccc(Cl)cc23)nc1C. The molecule has 152 valence electrons. The van der Waals surface area contributed by atoms with E-state index in [0.29, 0.717) is 42.4 Å². The minimum atomic E-state index is -0.432. The molecule has 4 rings (SSSR count). The Bertz CT molecular complexity index is 1310. The number of anilines is 1. The van der Waals surface area contributed by atoms with Crippen LogP contribution in [-0.2, 0) is 4.74 Å². The van der Waals surface area contributed by atoms with Gasteiger partial charge in [-0.15, -0.1) is 0 Å². The molecule has 0 spiro atoms. The van der Waals surface area contributed by atoms with Crippen molar-refractivity contribution in [3.8, 4) is 11.3 Å². The molecule has 2 heterocycles. The fraction of sp³-hybridized carbons (Fsp3) is 0.0952. The summed E-state index contributed by atoms with van der Waals surface area (Å²) in [7, 11) is 1.33. The maximum absolute atomic E-state index is 11.8. The molecule has 2 aromatic heterocycles. The van der Waals surface area contributed by atoms with E-state index in [4.69, 9.17) is 32.4 Å². The smallest absolute Gasteiger partial charge is 0.350 e. The lowest BCUT2D eigenvalue weighted by Crippen LogP contribution is -2.07. The fourth-order valence-electron chi connectivity index (χ4n) is 2.82.